The van der Waals surface area contributed by atoms with E-state index < -0.39 is 11.6 Å². The van der Waals surface area contributed by atoms with Crippen molar-refractivity contribution in [3.63, 3.8) is 0 Å². The second kappa shape index (κ2) is 3.04. The van der Waals surface area contributed by atoms with Crippen LogP contribution in [0.25, 0.3) is 0 Å². The first kappa shape index (κ1) is 9.50. The zero-order valence-electron chi connectivity index (χ0n) is 6.77. The molecule has 0 amide bonds. The van der Waals surface area contributed by atoms with Crippen molar-refractivity contribution >= 4 is 5.97 Å². The smallest absolute Gasteiger partial charge is 0.343 e. The molecule has 1 aromatic carbocycles. The van der Waals surface area contributed by atoms with Crippen molar-refractivity contribution in [1.29, 1.82) is 0 Å². The number of rotatable bonds is 2. The highest BCUT2D eigenvalue weighted by atomic mass is 16.4. The second-order valence-corrected chi connectivity index (χ2v) is 2.69. The standard InChI is InChI=1S/C8H10N2O3/c9-8(10,7(12)13)5-3-1-2-4-6(5)11/h1-4,11H,9-10H2,(H,12,13). The molecular formula is C8H10N2O3. The predicted octanol–water partition coefficient (Wildman–Crippen LogP) is -0.453. The Morgan fingerprint density at radius 3 is 2.31 bits per heavy atom. The fourth-order valence-electron chi connectivity index (χ4n) is 0.939. The molecule has 0 saturated carbocycles. The van der Waals surface area contributed by atoms with Crippen molar-refractivity contribution < 1.29 is 15.0 Å². The number of aliphatic carboxylic acids is 1. The van der Waals surface area contributed by atoms with Crippen molar-refractivity contribution in [2.24, 2.45) is 11.5 Å². The van der Waals surface area contributed by atoms with E-state index in [0.717, 1.165) is 0 Å². The van der Waals surface area contributed by atoms with E-state index >= 15 is 0 Å². The Balaban J connectivity index is 3.22. The molecule has 5 nitrogen and oxygen atoms in total. The summed E-state index contributed by atoms with van der Waals surface area (Å²) in [7, 11) is 0. The maximum atomic E-state index is 10.6. The monoisotopic (exact) mass is 182 g/mol. The van der Waals surface area contributed by atoms with E-state index in [-0.39, 0.29) is 11.3 Å². The van der Waals surface area contributed by atoms with Crippen LogP contribution in [0.3, 0.4) is 0 Å². The third kappa shape index (κ3) is 1.61. The maximum absolute atomic E-state index is 10.6. The van der Waals surface area contributed by atoms with Crippen molar-refractivity contribution in [3.8, 4) is 5.75 Å². The number of hydrogen-bond acceptors (Lipinski definition) is 4. The summed E-state index contributed by atoms with van der Waals surface area (Å²) in [5.41, 5.74) is 8.54. The van der Waals surface area contributed by atoms with E-state index in [1.807, 2.05) is 0 Å². The van der Waals surface area contributed by atoms with Crippen LogP contribution in [0.4, 0.5) is 0 Å². The number of aromatic hydroxyl groups is 1. The molecule has 0 saturated heterocycles. The lowest BCUT2D eigenvalue weighted by molar-refractivity contribution is -0.143. The third-order valence-electron chi connectivity index (χ3n) is 1.70. The topological polar surface area (TPSA) is 110 Å². The highest BCUT2D eigenvalue weighted by molar-refractivity contribution is 5.80. The van der Waals surface area contributed by atoms with Crippen molar-refractivity contribution in [3.05, 3.63) is 29.8 Å². The molecule has 0 fully saturated rings. The first-order chi connectivity index (χ1) is 5.96. The normalized spacial score (nSPS) is 11.2. The summed E-state index contributed by atoms with van der Waals surface area (Å²) in [6, 6.07) is 5.79. The van der Waals surface area contributed by atoms with Crippen LogP contribution in [-0.4, -0.2) is 16.2 Å². The Kier molecular flexibility index (Phi) is 2.22. The molecule has 0 atom stereocenters. The van der Waals surface area contributed by atoms with Gasteiger partial charge in [0.2, 0.25) is 0 Å². The number of carboxylic acids is 1. The van der Waals surface area contributed by atoms with Gasteiger partial charge in [0.25, 0.3) is 0 Å². The fraction of sp³-hybridized carbons (Fsp3) is 0.125. The van der Waals surface area contributed by atoms with E-state index in [2.05, 4.69) is 0 Å². The number of para-hydroxylation sites is 1. The predicted molar refractivity (Wildman–Crippen MR) is 45.8 cm³/mol. The zero-order valence-corrected chi connectivity index (χ0v) is 6.77. The van der Waals surface area contributed by atoms with Gasteiger partial charge < -0.3 is 21.7 Å². The van der Waals surface area contributed by atoms with Crippen LogP contribution in [0.1, 0.15) is 5.56 Å². The van der Waals surface area contributed by atoms with Gasteiger partial charge in [0.15, 0.2) is 5.66 Å². The number of nitrogens with two attached hydrogens (primary N) is 2. The molecular weight excluding hydrogens is 172 g/mol. The van der Waals surface area contributed by atoms with Gasteiger partial charge in [0, 0.05) is 5.56 Å². The molecule has 13 heavy (non-hydrogen) atoms. The van der Waals surface area contributed by atoms with Crippen LogP contribution < -0.4 is 11.5 Å². The van der Waals surface area contributed by atoms with Gasteiger partial charge >= 0.3 is 5.97 Å². The number of phenols is 1. The number of phenolic OH excluding ortho intramolecular Hbond substituents is 1. The minimum atomic E-state index is -2.05. The van der Waals surface area contributed by atoms with E-state index in [9.17, 15) is 9.90 Å². The largest absolute Gasteiger partial charge is 0.508 e. The lowest BCUT2D eigenvalue weighted by Gasteiger charge is -2.20. The Morgan fingerprint density at radius 1 is 1.31 bits per heavy atom. The Morgan fingerprint density at radius 2 is 1.85 bits per heavy atom. The van der Waals surface area contributed by atoms with Crippen LogP contribution >= 0.6 is 0 Å². The number of benzene rings is 1. The molecule has 0 aromatic heterocycles. The summed E-state index contributed by atoms with van der Waals surface area (Å²) in [6.07, 6.45) is 0. The van der Waals surface area contributed by atoms with Gasteiger partial charge in [0.1, 0.15) is 5.75 Å². The first-order valence-electron chi connectivity index (χ1n) is 3.56. The molecule has 70 valence electrons. The average Bonchev–Trinajstić information content (AvgIpc) is 2.04. The lowest BCUT2D eigenvalue weighted by Crippen LogP contribution is -2.53. The Labute approximate surface area is 74.6 Å². The number of hydrogen-bond donors (Lipinski definition) is 4. The molecule has 0 heterocycles. The van der Waals surface area contributed by atoms with Crippen molar-refractivity contribution in [1.82, 2.24) is 0 Å². The fourth-order valence-corrected chi connectivity index (χ4v) is 0.939. The quantitative estimate of drug-likeness (QED) is 0.463. The first-order valence-corrected chi connectivity index (χ1v) is 3.56. The van der Waals surface area contributed by atoms with Crippen molar-refractivity contribution in [2.75, 3.05) is 0 Å². The lowest BCUT2D eigenvalue weighted by atomic mass is 10.0. The van der Waals surface area contributed by atoms with Gasteiger partial charge in [-0.15, -0.1) is 0 Å². The highest BCUT2D eigenvalue weighted by Crippen LogP contribution is 2.23. The summed E-state index contributed by atoms with van der Waals surface area (Å²) in [6.45, 7) is 0. The van der Waals surface area contributed by atoms with Crippen LogP contribution in [0.15, 0.2) is 24.3 Å². The van der Waals surface area contributed by atoms with Gasteiger partial charge in [-0.1, -0.05) is 18.2 Å². The summed E-state index contributed by atoms with van der Waals surface area (Å²) >= 11 is 0. The summed E-state index contributed by atoms with van der Waals surface area (Å²) in [5.74, 6) is -1.62. The molecule has 0 radical (unpaired) electrons. The van der Waals surface area contributed by atoms with Crippen LogP contribution in [0, 0.1) is 0 Å². The molecule has 1 aromatic rings. The van der Waals surface area contributed by atoms with E-state index in [1.165, 1.54) is 12.1 Å². The summed E-state index contributed by atoms with van der Waals surface area (Å²) < 4.78 is 0. The number of carboxylic acid groups (broad SMARTS) is 1. The van der Waals surface area contributed by atoms with E-state index in [4.69, 9.17) is 16.6 Å². The SMILES string of the molecule is NC(N)(C(=O)O)c1ccccc1O. The van der Waals surface area contributed by atoms with Crippen LogP contribution in [-0.2, 0) is 10.5 Å². The number of carbonyl (C=O) groups is 1. The maximum Gasteiger partial charge on any atom is 0.343 e. The van der Waals surface area contributed by atoms with Gasteiger partial charge in [-0.3, -0.25) is 0 Å². The van der Waals surface area contributed by atoms with Crippen LogP contribution in [0.2, 0.25) is 0 Å². The molecule has 0 aliphatic heterocycles. The Bertz CT molecular complexity index is 336. The molecule has 0 bridgehead atoms. The van der Waals surface area contributed by atoms with E-state index in [1.54, 1.807) is 12.1 Å². The molecule has 0 aliphatic rings. The van der Waals surface area contributed by atoms with Gasteiger partial charge in [-0.05, 0) is 6.07 Å². The molecule has 0 spiro atoms. The van der Waals surface area contributed by atoms with Crippen molar-refractivity contribution in [2.45, 2.75) is 5.66 Å². The zero-order chi connectivity index (χ0) is 10.1. The van der Waals surface area contributed by atoms with Gasteiger partial charge in [0.05, 0.1) is 0 Å². The molecule has 5 heteroatoms. The average molecular weight is 182 g/mol. The molecule has 1 rings (SSSR count). The van der Waals surface area contributed by atoms with Crippen LogP contribution in [0.5, 0.6) is 5.75 Å². The van der Waals surface area contributed by atoms with Gasteiger partial charge in [-0.2, -0.15) is 0 Å². The molecule has 0 aliphatic carbocycles. The van der Waals surface area contributed by atoms with E-state index in [0.29, 0.717) is 0 Å². The summed E-state index contributed by atoms with van der Waals surface area (Å²) in [5, 5.41) is 17.9. The van der Waals surface area contributed by atoms with Gasteiger partial charge in [-0.25, -0.2) is 4.79 Å². The second-order valence-electron chi connectivity index (χ2n) is 2.69. The molecule has 0 unspecified atom stereocenters. The highest BCUT2D eigenvalue weighted by Gasteiger charge is 2.33. The Hall–Kier alpha value is -1.59. The third-order valence-corrected chi connectivity index (χ3v) is 1.70. The minimum absolute atomic E-state index is 0.0116. The summed E-state index contributed by atoms with van der Waals surface area (Å²) in [4.78, 5) is 10.6. The molecule has 6 N–H and O–H groups in total. The minimum Gasteiger partial charge on any atom is -0.508 e.